The first kappa shape index (κ1) is 13.6. The first-order valence-electron chi connectivity index (χ1n) is 6.69. The molecular formula is C16H15ClN4. The van der Waals surface area contributed by atoms with Crippen LogP contribution in [0.4, 0.5) is 5.69 Å². The Hall–Kier alpha value is -2.33. The van der Waals surface area contributed by atoms with Crippen molar-refractivity contribution < 1.29 is 0 Å². The van der Waals surface area contributed by atoms with Crippen molar-refractivity contribution in [3.05, 3.63) is 71.0 Å². The summed E-state index contributed by atoms with van der Waals surface area (Å²) in [7, 11) is 0. The molecule has 4 nitrogen and oxygen atoms in total. The average Bonchev–Trinajstić information content (AvgIpc) is 2.98. The maximum absolute atomic E-state index is 6.16. The summed E-state index contributed by atoms with van der Waals surface area (Å²) in [4.78, 5) is 1.62. The van der Waals surface area contributed by atoms with E-state index in [1.807, 2.05) is 55.5 Å². The van der Waals surface area contributed by atoms with Crippen molar-refractivity contribution in [1.82, 2.24) is 15.0 Å². The lowest BCUT2D eigenvalue weighted by Gasteiger charge is -2.07. The lowest BCUT2D eigenvalue weighted by molar-refractivity contribution is 0.740. The van der Waals surface area contributed by atoms with Crippen molar-refractivity contribution in [2.45, 2.75) is 13.5 Å². The Morgan fingerprint density at radius 3 is 2.76 bits per heavy atom. The van der Waals surface area contributed by atoms with Crippen LogP contribution in [0, 0.1) is 6.92 Å². The van der Waals surface area contributed by atoms with Crippen molar-refractivity contribution in [3.63, 3.8) is 0 Å². The normalized spacial score (nSPS) is 10.6. The predicted octanol–water partition coefficient (Wildman–Crippen LogP) is 3.84. The van der Waals surface area contributed by atoms with Crippen molar-refractivity contribution >= 4 is 17.3 Å². The van der Waals surface area contributed by atoms with Crippen LogP contribution in [-0.4, -0.2) is 15.0 Å². The number of benzene rings is 2. The number of rotatable bonds is 4. The van der Waals surface area contributed by atoms with E-state index in [0.29, 0.717) is 11.6 Å². The van der Waals surface area contributed by atoms with Crippen LogP contribution in [0.15, 0.2) is 54.7 Å². The molecule has 3 aromatic rings. The van der Waals surface area contributed by atoms with Gasteiger partial charge in [-0.1, -0.05) is 35.9 Å². The van der Waals surface area contributed by atoms with Crippen LogP contribution in [0.2, 0.25) is 5.02 Å². The molecule has 3 rings (SSSR count). The van der Waals surface area contributed by atoms with Crippen LogP contribution in [-0.2, 0) is 6.54 Å². The van der Waals surface area contributed by atoms with Gasteiger partial charge in [0, 0.05) is 0 Å². The lowest BCUT2D eigenvalue weighted by atomic mass is 10.2. The molecule has 1 aromatic heterocycles. The molecule has 1 N–H and O–H groups in total. The van der Waals surface area contributed by atoms with E-state index in [4.69, 9.17) is 11.6 Å². The average molecular weight is 299 g/mol. The summed E-state index contributed by atoms with van der Waals surface area (Å²) in [5.74, 6) is 0. The second-order valence-corrected chi connectivity index (χ2v) is 5.20. The maximum atomic E-state index is 6.16. The quantitative estimate of drug-likeness (QED) is 0.796. The molecule has 0 atom stereocenters. The zero-order valence-electron chi connectivity index (χ0n) is 11.6. The van der Waals surface area contributed by atoms with Gasteiger partial charge in [0.2, 0.25) is 0 Å². The molecule has 0 bridgehead atoms. The van der Waals surface area contributed by atoms with E-state index in [1.54, 1.807) is 11.0 Å². The Balaban J connectivity index is 1.72. The zero-order valence-corrected chi connectivity index (χ0v) is 12.4. The summed E-state index contributed by atoms with van der Waals surface area (Å²) >= 11 is 6.16. The summed E-state index contributed by atoms with van der Waals surface area (Å²) in [5, 5.41) is 12.7. The van der Waals surface area contributed by atoms with Crippen molar-refractivity contribution in [3.8, 4) is 5.69 Å². The van der Waals surface area contributed by atoms with Crippen molar-refractivity contribution in [1.29, 1.82) is 0 Å². The molecule has 5 heteroatoms. The highest BCUT2D eigenvalue weighted by Crippen LogP contribution is 2.23. The lowest BCUT2D eigenvalue weighted by Crippen LogP contribution is -2.03. The second kappa shape index (κ2) is 5.97. The highest BCUT2D eigenvalue weighted by atomic mass is 35.5. The summed E-state index contributed by atoms with van der Waals surface area (Å²) in [6, 6.07) is 15.7. The number of hydrogen-bond acceptors (Lipinski definition) is 3. The van der Waals surface area contributed by atoms with E-state index in [1.165, 1.54) is 0 Å². The minimum absolute atomic E-state index is 0.579. The number of nitrogens with zero attached hydrogens (tertiary/aromatic N) is 3. The third-order valence-electron chi connectivity index (χ3n) is 3.11. The fraction of sp³-hybridized carbons (Fsp3) is 0.125. The molecule has 106 valence electrons. The van der Waals surface area contributed by atoms with Gasteiger partial charge in [0.25, 0.3) is 0 Å². The van der Waals surface area contributed by atoms with Gasteiger partial charge >= 0.3 is 0 Å². The van der Waals surface area contributed by atoms with Gasteiger partial charge in [0.1, 0.15) is 5.69 Å². The third-order valence-corrected chi connectivity index (χ3v) is 3.44. The fourth-order valence-electron chi connectivity index (χ4n) is 2.02. The monoisotopic (exact) mass is 298 g/mol. The standard InChI is InChI=1S/C16H15ClN4/c1-12-7-8-15(17)16(9-12)18-10-13-11-19-21(20-13)14-5-3-2-4-6-14/h2-9,11,18H,10H2,1H3. The number of hydrogen-bond donors (Lipinski definition) is 1. The number of aromatic nitrogens is 3. The molecule has 0 saturated heterocycles. The summed E-state index contributed by atoms with van der Waals surface area (Å²) < 4.78 is 0. The molecule has 0 aliphatic carbocycles. The molecule has 0 saturated carbocycles. The molecule has 2 aromatic carbocycles. The van der Waals surface area contributed by atoms with Gasteiger partial charge in [0.05, 0.1) is 29.1 Å². The van der Waals surface area contributed by atoms with Crippen LogP contribution in [0.5, 0.6) is 0 Å². The van der Waals surface area contributed by atoms with E-state index >= 15 is 0 Å². The number of anilines is 1. The van der Waals surface area contributed by atoms with Gasteiger partial charge in [-0.3, -0.25) is 0 Å². The number of para-hydroxylation sites is 1. The SMILES string of the molecule is Cc1ccc(Cl)c(NCc2cnn(-c3ccccc3)n2)c1. The topological polar surface area (TPSA) is 42.7 Å². The Labute approximate surface area is 128 Å². The van der Waals surface area contributed by atoms with E-state index in [2.05, 4.69) is 15.5 Å². The summed E-state index contributed by atoms with van der Waals surface area (Å²) in [6.07, 6.45) is 1.75. The molecule has 21 heavy (non-hydrogen) atoms. The van der Waals surface area contributed by atoms with Gasteiger partial charge in [-0.2, -0.15) is 15.0 Å². The highest BCUT2D eigenvalue weighted by molar-refractivity contribution is 6.33. The molecule has 0 aliphatic heterocycles. The Kier molecular flexibility index (Phi) is 3.88. The zero-order chi connectivity index (χ0) is 14.7. The van der Waals surface area contributed by atoms with Gasteiger partial charge in [-0.25, -0.2) is 0 Å². The van der Waals surface area contributed by atoms with Crippen molar-refractivity contribution in [2.24, 2.45) is 0 Å². The van der Waals surface area contributed by atoms with Crippen molar-refractivity contribution in [2.75, 3.05) is 5.32 Å². The molecule has 0 unspecified atom stereocenters. The third kappa shape index (κ3) is 3.23. The second-order valence-electron chi connectivity index (χ2n) is 4.80. The van der Waals surface area contributed by atoms with Gasteiger partial charge in [-0.05, 0) is 36.8 Å². The molecule has 0 spiro atoms. The minimum atomic E-state index is 0.579. The Morgan fingerprint density at radius 1 is 1.14 bits per heavy atom. The van der Waals surface area contributed by atoms with Crippen LogP contribution in [0.25, 0.3) is 5.69 Å². The maximum Gasteiger partial charge on any atom is 0.102 e. The molecular weight excluding hydrogens is 284 g/mol. The molecule has 0 radical (unpaired) electrons. The summed E-state index contributed by atoms with van der Waals surface area (Å²) in [6.45, 7) is 2.61. The summed E-state index contributed by atoms with van der Waals surface area (Å²) in [5.41, 5.74) is 3.87. The smallest absolute Gasteiger partial charge is 0.102 e. The van der Waals surface area contributed by atoms with E-state index in [0.717, 1.165) is 22.6 Å². The predicted molar refractivity (Wildman–Crippen MR) is 84.9 cm³/mol. The van der Waals surface area contributed by atoms with Gasteiger partial charge in [0.15, 0.2) is 0 Å². The first-order chi connectivity index (χ1) is 10.2. The largest absolute Gasteiger partial charge is 0.378 e. The minimum Gasteiger partial charge on any atom is -0.378 e. The van der Waals surface area contributed by atoms with Crippen LogP contribution in [0.1, 0.15) is 11.3 Å². The molecule has 1 heterocycles. The Morgan fingerprint density at radius 2 is 1.95 bits per heavy atom. The van der Waals surface area contributed by atoms with Crippen LogP contribution < -0.4 is 5.32 Å². The Bertz CT molecular complexity index is 737. The van der Waals surface area contributed by atoms with E-state index in [-0.39, 0.29) is 0 Å². The van der Waals surface area contributed by atoms with Crippen LogP contribution in [0.3, 0.4) is 0 Å². The number of halogens is 1. The van der Waals surface area contributed by atoms with Crippen LogP contribution >= 0.6 is 11.6 Å². The highest BCUT2D eigenvalue weighted by Gasteiger charge is 2.04. The van der Waals surface area contributed by atoms with Gasteiger partial charge < -0.3 is 5.32 Å². The fourth-order valence-corrected chi connectivity index (χ4v) is 2.21. The number of nitrogens with one attached hydrogen (secondary N) is 1. The molecule has 0 fully saturated rings. The van der Waals surface area contributed by atoms with E-state index < -0.39 is 0 Å². The van der Waals surface area contributed by atoms with E-state index in [9.17, 15) is 0 Å². The van der Waals surface area contributed by atoms with Gasteiger partial charge in [-0.15, -0.1) is 0 Å². The molecule has 0 amide bonds. The molecule has 0 aliphatic rings. The first-order valence-corrected chi connectivity index (χ1v) is 7.07. The number of aryl methyl sites for hydroxylation is 1.